The van der Waals surface area contributed by atoms with E-state index in [4.69, 9.17) is 18.2 Å². The summed E-state index contributed by atoms with van der Waals surface area (Å²) in [5.74, 6) is -1.56. The van der Waals surface area contributed by atoms with Crippen LogP contribution in [0, 0.1) is 0 Å². The van der Waals surface area contributed by atoms with Crippen molar-refractivity contribution in [1.82, 2.24) is 0 Å². The molecule has 9 heteroatoms. The maximum atomic E-state index is 12.0. The summed E-state index contributed by atoms with van der Waals surface area (Å²) in [6, 6.07) is 0. The number of rotatable bonds is 6. The molecule has 0 radical (unpaired) electrons. The molecule has 0 spiro atoms. The number of carbonyl (C=O) groups is 2. The molecule has 5 unspecified atom stereocenters. The van der Waals surface area contributed by atoms with Crippen LogP contribution in [-0.4, -0.2) is 50.2 Å². The number of ether oxygens (including phenoxy) is 3. The van der Waals surface area contributed by atoms with Crippen LogP contribution in [0.1, 0.15) is 33.6 Å². The van der Waals surface area contributed by atoms with E-state index in [0.717, 1.165) is 6.08 Å². The molecule has 2 bridgehead atoms. The second kappa shape index (κ2) is 5.97. The molecule has 2 heterocycles. The Hall–Kier alpha value is -1.29. The molecule has 0 amide bonds. The zero-order valence-corrected chi connectivity index (χ0v) is 14.0. The van der Waals surface area contributed by atoms with Crippen LogP contribution in [0.4, 0.5) is 0 Å². The Morgan fingerprint density at radius 2 is 2.09 bits per heavy atom. The molecule has 1 N–H and O–H groups in total. The van der Waals surface area contributed by atoms with Gasteiger partial charge in [0.2, 0.25) is 0 Å². The minimum absolute atomic E-state index is 0.489. The first-order valence-electron chi connectivity index (χ1n) is 7.07. The summed E-state index contributed by atoms with van der Waals surface area (Å²) in [6.45, 7) is 7.54. The Morgan fingerprint density at radius 1 is 1.43 bits per heavy atom. The van der Waals surface area contributed by atoms with E-state index in [0.29, 0.717) is 12.8 Å². The number of hydrogen-bond donors (Lipinski definition) is 1. The summed E-state index contributed by atoms with van der Waals surface area (Å²) in [4.78, 5) is 23.1. The number of carbonyl (C=O) groups excluding carboxylic acids is 2. The Kier molecular flexibility index (Phi) is 4.69. The van der Waals surface area contributed by atoms with E-state index in [1.807, 2.05) is 0 Å². The Morgan fingerprint density at radius 3 is 2.65 bits per heavy atom. The molecule has 130 valence electrons. The van der Waals surface area contributed by atoms with Gasteiger partial charge in [-0.3, -0.25) is 8.74 Å². The molecule has 2 saturated heterocycles. The normalized spacial score (nSPS) is 39.7. The first-order valence-corrected chi connectivity index (χ1v) is 8.10. The predicted octanol–water partition coefficient (Wildman–Crippen LogP) is 0.881. The van der Waals surface area contributed by atoms with Crippen LogP contribution >= 0.6 is 0 Å². The fourth-order valence-electron chi connectivity index (χ4n) is 3.35. The van der Waals surface area contributed by atoms with Crippen molar-refractivity contribution in [2.75, 3.05) is 6.61 Å². The second-order valence-electron chi connectivity index (χ2n) is 6.10. The van der Waals surface area contributed by atoms with Gasteiger partial charge in [0.15, 0.2) is 17.8 Å². The molecule has 0 aromatic carbocycles. The highest BCUT2D eigenvalue weighted by molar-refractivity contribution is 7.74. The lowest BCUT2D eigenvalue weighted by Crippen LogP contribution is -2.65. The third kappa shape index (κ3) is 2.82. The number of hydrogen-bond acceptors (Lipinski definition) is 7. The van der Waals surface area contributed by atoms with Crippen molar-refractivity contribution in [3.8, 4) is 0 Å². The molecule has 0 aliphatic carbocycles. The summed E-state index contributed by atoms with van der Waals surface area (Å²) < 4.78 is 41.5. The Bertz CT molecular complexity index is 563. The van der Waals surface area contributed by atoms with Gasteiger partial charge in [-0.05, 0) is 33.6 Å². The predicted molar refractivity (Wildman–Crippen MR) is 78.4 cm³/mol. The molecular formula is C14H20O8S. The monoisotopic (exact) mass is 348 g/mol. The SMILES string of the molecule is C=CC(=O)OCC(=O)OC1(C)C2(C)CCC(O2)C1(C)OS(=O)O. The van der Waals surface area contributed by atoms with Gasteiger partial charge in [-0.25, -0.2) is 9.59 Å². The lowest BCUT2D eigenvalue weighted by molar-refractivity contribution is -0.202. The van der Waals surface area contributed by atoms with Gasteiger partial charge in [0.1, 0.15) is 5.60 Å². The van der Waals surface area contributed by atoms with E-state index < -0.39 is 52.8 Å². The quantitative estimate of drug-likeness (QED) is 0.428. The van der Waals surface area contributed by atoms with Gasteiger partial charge < -0.3 is 14.2 Å². The molecule has 2 fully saturated rings. The van der Waals surface area contributed by atoms with E-state index >= 15 is 0 Å². The molecule has 0 aromatic heterocycles. The summed E-state index contributed by atoms with van der Waals surface area (Å²) in [5, 5.41) is 0. The van der Waals surface area contributed by atoms with Gasteiger partial charge in [-0.2, -0.15) is 4.21 Å². The molecule has 2 aliphatic rings. The van der Waals surface area contributed by atoms with E-state index in [1.54, 1.807) is 20.8 Å². The molecular weight excluding hydrogens is 328 g/mol. The van der Waals surface area contributed by atoms with Gasteiger partial charge >= 0.3 is 23.3 Å². The van der Waals surface area contributed by atoms with Crippen LogP contribution in [0.5, 0.6) is 0 Å². The highest BCUT2D eigenvalue weighted by Crippen LogP contribution is 2.58. The minimum Gasteiger partial charge on any atom is -0.451 e. The third-order valence-corrected chi connectivity index (χ3v) is 5.41. The maximum absolute atomic E-state index is 12.0. The van der Waals surface area contributed by atoms with Crippen LogP contribution in [0.15, 0.2) is 12.7 Å². The molecule has 23 heavy (non-hydrogen) atoms. The molecule has 2 aliphatic heterocycles. The smallest absolute Gasteiger partial charge is 0.345 e. The topological polar surface area (TPSA) is 108 Å². The lowest BCUT2D eigenvalue weighted by atomic mass is 9.67. The molecule has 8 nitrogen and oxygen atoms in total. The summed E-state index contributed by atoms with van der Waals surface area (Å²) in [7, 11) is 0. The summed E-state index contributed by atoms with van der Waals surface area (Å²) in [5.41, 5.74) is -3.50. The average molecular weight is 348 g/mol. The number of esters is 2. The van der Waals surface area contributed by atoms with E-state index in [2.05, 4.69) is 11.3 Å². The zero-order chi connectivity index (χ0) is 17.5. The van der Waals surface area contributed by atoms with Crippen molar-refractivity contribution < 1.29 is 36.7 Å². The van der Waals surface area contributed by atoms with Crippen LogP contribution in [0.2, 0.25) is 0 Å². The van der Waals surface area contributed by atoms with Crippen molar-refractivity contribution in [3.63, 3.8) is 0 Å². The van der Waals surface area contributed by atoms with E-state index in [9.17, 15) is 13.8 Å². The van der Waals surface area contributed by atoms with Gasteiger partial charge in [-0.15, -0.1) is 0 Å². The van der Waals surface area contributed by atoms with Crippen LogP contribution in [-0.2, 0) is 39.3 Å². The third-order valence-electron chi connectivity index (χ3n) is 4.92. The Labute approximate surface area is 136 Å². The van der Waals surface area contributed by atoms with Crippen LogP contribution in [0.25, 0.3) is 0 Å². The highest BCUT2D eigenvalue weighted by atomic mass is 32.2. The maximum Gasteiger partial charge on any atom is 0.345 e. The van der Waals surface area contributed by atoms with E-state index in [-0.39, 0.29) is 0 Å². The van der Waals surface area contributed by atoms with Crippen LogP contribution in [0.3, 0.4) is 0 Å². The summed E-state index contributed by atoms with van der Waals surface area (Å²) >= 11 is -2.56. The van der Waals surface area contributed by atoms with Crippen molar-refractivity contribution in [2.45, 2.75) is 56.5 Å². The lowest BCUT2D eigenvalue weighted by Gasteiger charge is -2.47. The van der Waals surface area contributed by atoms with Gasteiger partial charge in [0.05, 0.1) is 6.10 Å². The zero-order valence-electron chi connectivity index (χ0n) is 13.2. The van der Waals surface area contributed by atoms with Crippen molar-refractivity contribution >= 4 is 23.3 Å². The Balaban J connectivity index is 2.21. The molecule has 0 saturated carbocycles. The van der Waals surface area contributed by atoms with Crippen LogP contribution < -0.4 is 0 Å². The van der Waals surface area contributed by atoms with Gasteiger partial charge in [0.25, 0.3) is 0 Å². The second-order valence-corrected chi connectivity index (χ2v) is 6.70. The average Bonchev–Trinajstić information content (AvgIpc) is 2.92. The van der Waals surface area contributed by atoms with Crippen molar-refractivity contribution in [1.29, 1.82) is 0 Å². The molecule has 2 rings (SSSR count). The minimum atomic E-state index is -2.56. The molecule has 0 aromatic rings. The van der Waals surface area contributed by atoms with Crippen molar-refractivity contribution in [2.24, 2.45) is 0 Å². The van der Waals surface area contributed by atoms with Crippen molar-refractivity contribution in [3.05, 3.63) is 12.7 Å². The fourth-order valence-corrected chi connectivity index (χ4v) is 3.91. The largest absolute Gasteiger partial charge is 0.451 e. The van der Waals surface area contributed by atoms with Gasteiger partial charge in [0, 0.05) is 6.08 Å². The fraction of sp³-hybridized carbons (Fsp3) is 0.714. The highest BCUT2D eigenvalue weighted by Gasteiger charge is 2.74. The first-order chi connectivity index (χ1) is 10.6. The molecule has 5 atom stereocenters. The number of fused-ring (bicyclic) bond motifs is 2. The van der Waals surface area contributed by atoms with Gasteiger partial charge in [-0.1, -0.05) is 6.58 Å². The summed E-state index contributed by atoms with van der Waals surface area (Å²) in [6.07, 6.45) is 1.66. The standard InChI is InChI=1S/C14H20O8S/c1-5-10(15)19-8-11(16)21-14(4)12(2)7-6-9(20-12)13(14,3)22-23(17)18/h5,9H,1,6-8H2,2-4H3,(H,17,18). The first kappa shape index (κ1) is 18.1. The van der Waals surface area contributed by atoms with E-state index in [1.165, 1.54) is 0 Å².